The smallest absolute Gasteiger partial charge is 0.316 e. The van der Waals surface area contributed by atoms with Crippen LogP contribution in [0.15, 0.2) is 22.7 Å². The zero-order valence-corrected chi connectivity index (χ0v) is 11.1. The Bertz CT molecular complexity index is 402. The van der Waals surface area contributed by atoms with Gasteiger partial charge in [0.25, 0.3) is 0 Å². The molecule has 0 bridgehead atoms. The molecule has 0 fully saturated rings. The first-order valence-corrected chi connectivity index (χ1v) is 5.81. The minimum absolute atomic E-state index is 0.290. The van der Waals surface area contributed by atoms with Crippen LogP contribution in [0.4, 0.5) is 4.39 Å². The molecule has 2 nitrogen and oxygen atoms in total. The number of benzene rings is 1. The highest BCUT2D eigenvalue weighted by molar-refractivity contribution is 9.10. The van der Waals surface area contributed by atoms with Crippen LogP contribution in [-0.2, 0) is 14.9 Å². The zero-order valence-electron chi connectivity index (χ0n) is 9.51. The topological polar surface area (TPSA) is 26.3 Å². The molecule has 0 spiro atoms. The molecule has 0 saturated carbocycles. The average Bonchev–Trinajstić information content (AvgIpc) is 2.22. The van der Waals surface area contributed by atoms with Gasteiger partial charge in [0, 0.05) is 10.0 Å². The van der Waals surface area contributed by atoms with E-state index in [2.05, 4.69) is 15.9 Å². The summed E-state index contributed by atoms with van der Waals surface area (Å²) in [4.78, 5) is 11.7. The molecule has 88 valence electrons. The highest BCUT2D eigenvalue weighted by Gasteiger charge is 2.33. The van der Waals surface area contributed by atoms with Crippen LogP contribution in [0.25, 0.3) is 0 Å². The van der Waals surface area contributed by atoms with Gasteiger partial charge in [-0.2, -0.15) is 0 Å². The molecular formula is C12H14BrFO2. The fourth-order valence-electron chi connectivity index (χ4n) is 1.40. The van der Waals surface area contributed by atoms with Crippen molar-refractivity contribution >= 4 is 21.9 Å². The van der Waals surface area contributed by atoms with Crippen molar-refractivity contribution < 1.29 is 13.9 Å². The van der Waals surface area contributed by atoms with Gasteiger partial charge >= 0.3 is 5.97 Å². The first-order valence-electron chi connectivity index (χ1n) is 5.02. The second-order valence-corrected chi connectivity index (χ2v) is 4.89. The summed E-state index contributed by atoms with van der Waals surface area (Å²) in [7, 11) is 0. The second kappa shape index (κ2) is 4.95. The van der Waals surface area contributed by atoms with Crippen molar-refractivity contribution in [1.29, 1.82) is 0 Å². The molecule has 0 N–H and O–H groups in total. The zero-order chi connectivity index (χ0) is 12.3. The fourth-order valence-corrected chi connectivity index (χ4v) is 1.76. The number of carbonyl (C=O) groups excluding carboxylic acids is 1. The molecule has 0 saturated heterocycles. The standard InChI is InChI=1S/C12H14BrFO2/c1-4-16-11(15)12(2,3)9-7-8(13)5-6-10(9)14/h5-7H,4H2,1-3H3. The summed E-state index contributed by atoms with van der Waals surface area (Å²) in [5, 5.41) is 0. The van der Waals surface area contributed by atoms with E-state index >= 15 is 0 Å². The van der Waals surface area contributed by atoms with E-state index < -0.39 is 17.2 Å². The van der Waals surface area contributed by atoms with Gasteiger partial charge in [0.15, 0.2) is 0 Å². The van der Waals surface area contributed by atoms with Crippen molar-refractivity contribution in [2.24, 2.45) is 0 Å². The Morgan fingerprint density at radius 3 is 2.69 bits per heavy atom. The van der Waals surface area contributed by atoms with Crippen LogP contribution in [-0.4, -0.2) is 12.6 Å². The molecule has 1 rings (SSSR count). The molecule has 0 atom stereocenters. The molecule has 0 heterocycles. The Balaban J connectivity index is 3.15. The summed E-state index contributed by atoms with van der Waals surface area (Å²) in [6.45, 7) is 5.31. The third-order valence-electron chi connectivity index (χ3n) is 2.39. The summed E-state index contributed by atoms with van der Waals surface area (Å²) < 4.78 is 19.3. The maximum Gasteiger partial charge on any atom is 0.316 e. The molecule has 16 heavy (non-hydrogen) atoms. The van der Waals surface area contributed by atoms with Gasteiger partial charge in [-0.05, 0) is 39.0 Å². The van der Waals surface area contributed by atoms with E-state index in [9.17, 15) is 9.18 Å². The summed E-state index contributed by atoms with van der Waals surface area (Å²) >= 11 is 3.26. The number of ether oxygens (including phenoxy) is 1. The Labute approximate surface area is 103 Å². The van der Waals surface area contributed by atoms with Crippen LogP contribution in [0, 0.1) is 5.82 Å². The maximum absolute atomic E-state index is 13.6. The van der Waals surface area contributed by atoms with Gasteiger partial charge in [0.05, 0.1) is 12.0 Å². The molecule has 4 heteroatoms. The predicted molar refractivity (Wildman–Crippen MR) is 63.8 cm³/mol. The number of hydrogen-bond donors (Lipinski definition) is 0. The van der Waals surface area contributed by atoms with E-state index in [4.69, 9.17) is 4.74 Å². The van der Waals surface area contributed by atoms with E-state index in [1.165, 1.54) is 6.07 Å². The van der Waals surface area contributed by atoms with Gasteiger partial charge in [-0.1, -0.05) is 15.9 Å². The first-order chi connectivity index (χ1) is 7.39. The SMILES string of the molecule is CCOC(=O)C(C)(C)c1cc(Br)ccc1F. The largest absolute Gasteiger partial charge is 0.465 e. The van der Waals surface area contributed by atoms with Crippen molar-refractivity contribution in [2.45, 2.75) is 26.2 Å². The van der Waals surface area contributed by atoms with Crippen LogP contribution in [0.1, 0.15) is 26.3 Å². The molecule has 0 radical (unpaired) electrons. The van der Waals surface area contributed by atoms with Crippen molar-refractivity contribution in [1.82, 2.24) is 0 Å². The second-order valence-electron chi connectivity index (χ2n) is 3.97. The van der Waals surface area contributed by atoms with Gasteiger partial charge in [-0.25, -0.2) is 4.39 Å². The van der Waals surface area contributed by atoms with Crippen LogP contribution in [0.3, 0.4) is 0 Å². The molecule has 1 aromatic rings. The number of rotatable bonds is 3. The Morgan fingerprint density at radius 2 is 2.12 bits per heavy atom. The molecule has 1 aromatic carbocycles. The highest BCUT2D eigenvalue weighted by Crippen LogP contribution is 2.29. The minimum Gasteiger partial charge on any atom is -0.465 e. The monoisotopic (exact) mass is 288 g/mol. The number of carbonyl (C=O) groups is 1. The highest BCUT2D eigenvalue weighted by atomic mass is 79.9. The van der Waals surface area contributed by atoms with E-state index in [1.807, 2.05) is 0 Å². The molecule has 0 amide bonds. The number of hydrogen-bond acceptors (Lipinski definition) is 2. The number of halogens is 2. The van der Waals surface area contributed by atoms with E-state index in [-0.39, 0.29) is 6.61 Å². The van der Waals surface area contributed by atoms with Crippen LogP contribution in [0.2, 0.25) is 0 Å². The van der Waals surface area contributed by atoms with Gasteiger partial charge in [-0.15, -0.1) is 0 Å². The first kappa shape index (κ1) is 13.2. The van der Waals surface area contributed by atoms with Gasteiger partial charge in [0.2, 0.25) is 0 Å². The maximum atomic E-state index is 13.6. The van der Waals surface area contributed by atoms with Crippen molar-refractivity contribution in [3.8, 4) is 0 Å². The lowest BCUT2D eigenvalue weighted by molar-refractivity contribution is -0.148. The van der Waals surface area contributed by atoms with E-state index in [0.717, 1.165) is 4.47 Å². The van der Waals surface area contributed by atoms with E-state index in [1.54, 1.807) is 32.9 Å². The minimum atomic E-state index is -0.982. The quantitative estimate of drug-likeness (QED) is 0.797. The van der Waals surface area contributed by atoms with Gasteiger partial charge in [-0.3, -0.25) is 4.79 Å². The van der Waals surface area contributed by atoms with Crippen molar-refractivity contribution in [3.63, 3.8) is 0 Å². The summed E-state index contributed by atoms with van der Waals surface area (Å²) in [5.41, 5.74) is -0.649. The molecule has 0 unspecified atom stereocenters. The Hall–Kier alpha value is -0.900. The molecular weight excluding hydrogens is 275 g/mol. The average molecular weight is 289 g/mol. The van der Waals surface area contributed by atoms with Crippen LogP contribution in [0.5, 0.6) is 0 Å². The summed E-state index contributed by atoms with van der Waals surface area (Å²) in [6.07, 6.45) is 0. The lowest BCUT2D eigenvalue weighted by Crippen LogP contribution is -2.32. The van der Waals surface area contributed by atoms with Crippen LogP contribution < -0.4 is 0 Å². The van der Waals surface area contributed by atoms with Crippen molar-refractivity contribution in [2.75, 3.05) is 6.61 Å². The molecule has 0 aliphatic heterocycles. The Kier molecular flexibility index (Phi) is 4.08. The summed E-state index contributed by atoms with van der Waals surface area (Å²) in [5.74, 6) is -0.826. The Morgan fingerprint density at radius 1 is 1.50 bits per heavy atom. The molecule has 0 aromatic heterocycles. The molecule has 0 aliphatic carbocycles. The third kappa shape index (κ3) is 2.61. The molecule has 0 aliphatic rings. The van der Waals surface area contributed by atoms with Crippen LogP contribution >= 0.6 is 15.9 Å². The number of esters is 1. The predicted octanol–water partition coefficient (Wildman–Crippen LogP) is 3.43. The van der Waals surface area contributed by atoms with E-state index in [0.29, 0.717) is 5.56 Å². The fraction of sp³-hybridized carbons (Fsp3) is 0.417. The normalized spacial score (nSPS) is 11.3. The lowest BCUT2D eigenvalue weighted by atomic mass is 9.84. The summed E-state index contributed by atoms with van der Waals surface area (Å²) in [6, 6.07) is 4.53. The van der Waals surface area contributed by atoms with Gasteiger partial charge in [0.1, 0.15) is 5.82 Å². The lowest BCUT2D eigenvalue weighted by Gasteiger charge is -2.23. The van der Waals surface area contributed by atoms with Crippen molar-refractivity contribution in [3.05, 3.63) is 34.1 Å². The third-order valence-corrected chi connectivity index (χ3v) is 2.88. The van der Waals surface area contributed by atoms with Gasteiger partial charge < -0.3 is 4.74 Å².